The van der Waals surface area contributed by atoms with Crippen molar-refractivity contribution in [2.45, 2.75) is 24.7 Å². The van der Waals surface area contributed by atoms with E-state index in [4.69, 9.17) is 4.52 Å². The predicted molar refractivity (Wildman–Crippen MR) is 118 cm³/mol. The smallest absolute Gasteiger partial charge is 0.268 e. The standard InChI is InChI=1S/C22H21N3O3S2/c1-15(17-9-5-3-6-10-17)14-23-30(26,27)20-13-19(29-16(20)2)22-24-21(25-28-22)18-11-7-4-8-12-18/h3-13,15,23H,14H2,1-2H3/t15-/m0/s1. The number of nitrogens with one attached hydrogen (secondary N) is 1. The molecule has 154 valence electrons. The van der Waals surface area contributed by atoms with Gasteiger partial charge in [-0.2, -0.15) is 4.98 Å². The molecule has 0 saturated heterocycles. The van der Waals surface area contributed by atoms with Crippen LogP contribution in [0.3, 0.4) is 0 Å². The summed E-state index contributed by atoms with van der Waals surface area (Å²) in [6.45, 7) is 4.08. The molecule has 0 unspecified atom stereocenters. The van der Waals surface area contributed by atoms with Gasteiger partial charge in [-0.05, 0) is 24.5 Å². The zero-order valence-electron chi connectivity index (χ0n) is 16.6. The Labute approximate surface area is 179 Å². The van der Waals surface area contributed by atoms with Crippen LogP contribution in [0.5, 0.6) is 0 Å². The van der Waals surface area contributed by atoms with Gasteiger partial charge in [0.25, 0.3) is 5.89 Å². The number of aryl methyl sites for hydroxylation is 1. The maximum atomic E-state index is 12.9. The van der Waals surface area contributed by atoms with Gasteiger partial charge in [-0.25, -0.2) is 13.1 Å². The molecule has 1 N–H and O–H groups in total. The number of thiophene rings is 1. The van der Waals surface area contributed by atoms with Crippen LogP contribution < -0.4 is 4.72 Å². The van der Waals surface area contributed by atoms with Crippen LogP contribution in [-0.4, -0.2) is 25.1 Å². The van der Waals surface area contributed by atoms with Crippen molar-refractivity contribution in [1.82, 2.24) is 14.9 Å². The second kappa shape index (κ2) is 8.51. The van der Waals surface area contributed by atoms with Crippen LogP contribution in [0, 0.1) is 6.92 Å². The fourth-order valence-electron chi connectivity index (χ4n) is 3.08. The van der Waals surface area contributed by atoms with E-state index in [0.29, 0.717) is 28.0 Å². The molecule has 30 heavy (non-hydrogen) atoms. The van der Waals surface area contributed by atoms with Crippen molar-refractivity contribution in [3.8, 4) is 22.2 Å². The molecular weight excluding hydrogens is 418 g/mol. The van der Waals surface area contributed by atoms with E-state index in [0.717, 1.165) is 11.1 Å². The molecule has 2 heterocycles. The molecule has 0 fully saturated rings. The van der Waals surface area contributed by atoms with E-state index in [9.17, 15) is 8.42 Å². The topological polar surface area (TPSA) is 85.1 Å². The van der Waals surface area contributed by atoms with Crippen molar-refractivity contribution in [3.05, 3.63) is 77.2 Å². The Balaban J connectivity index is 1.53. The Kier molecular flexibility index (Phi) is 5.80. The number of hydrogen-bond donors (Lipinski definition) is 1. The molecule has 0 saturated carbocycles. The molecule has 0 radical (unpaired) electrons. The second-order valence-corrected chi connectivity index (χ2v) is 9.98. The van der Waals surface area contributed by atoms with Gasteiger partial charge < -0.3 is 4.52 Å². The third-order valence-electron chi connectivity index (χ3n) is 4.78. The lowest BCUT2D eigenvalue weighted by Gasteiger charge is -2.13. The van der Waals surface area contributed by atoms with Crippen molar-refractivity contribution in [2.24, 2.45) is 0 Å². The molecule has 2 aromatic carbocycles. The molecule has 0 aliphatic rings. The first-order chi connectivity index (χ1) is 14.4. The fraction of sp³-hybridized carbons (Fsp3) is 0.182. The quantitative estimate of drug-likeness (QED) is 0.445. The Morgan fingerprint density at radius 1 is 1.07 bits per heavy atom. The van der Waals surface area contributed by atoms with E-state index in [1.165, 1.54) is 11.3 Å². The third-order valence-corrected chi connectivity index (χ3v) is 7.50. The lowest BCUT2D eigenvalue weighted by Crippen LogP contribution is -2.27. The summed E-state index contributed by atoms with van der Waals surface area (Å²) in [5, 5.41) is 4.01. The number of sulfonamides is 1. The minimum absolute atomic E-state index is 0.0590. The summed E-state index contributed by atoms with van der Waals surface area (Å²) < 4.78 is 33.9. The normalized spacial score (nSPS) is 12.7. The molecule has 4 rings (SSSR count). The first-order valence-corrected chi connectivity index (χ1v) is 11.8. The molecule has 0 bridgehead atoms. The Hall–Kier alpha value is -2.81. The van der Waals surface area contributed by atoms with E-state index in [1.54, 1.807) is 13.0 Å². The highest BCUT2D eigenvalue weighted by Crippen LogP contribution is 2.33. The highest BCUT2D eigenvalue weighted by atomic mass is 32.2. The van der Waals surface area contributed by atoms with E-state index in [1.807, 2.05) is 67.6 Å². The first kappa shape index (κ1) is 20.5. The van der Waals surface area contributed by atoms with E-state index in [-0.39, 0.29) is 10.8 Å². The van der Waals surface area contributed by atoms with Gasteiger partial charge in [0, 0.05) is 17.0 Å². The van der Waals surface area contributed by atoms with Crippen LogP contribution in [0.15, 0.2) is 76.1 Å². The summed E-state index contributed by atoms with van der Waals surface area (Å²) in [4.78, 5) is 5.95. The summed E-state index contributed by atoms with van der Waals surface area (Å²) in [6, 6.07) is 20.9. The zero-order chi connectivity index (χ0) is 21.1. The number of benzene rings is 2. The molecule has 0 aliphatic carbocycles. The van der Waals surface area contributed by atoms with Crippen molar-refractivity contribution in [1.29, 1.82) is 0 Å². The predicted octanol–water partition coefficient (Wildman–Crippen LogP) is 4.86. The van der Waals surface area contributed by atoms with E-state index < -0.39 is 10.0 Å². The highest BCUT2D eigenvalue weighted by Gasteiger charge is 2.23. The summed E-state index contributed by atoms with van der Waals surface area (Å²) in [7, 11) is -3.66. The molecule has 0 amide bonds. The minimum atomic E-state index is -3.66. The van der Waals surface area contributed by atoms with Crippen LogP contribution in [0.1, 0.15) is 23.3 Å². The maximum Gasteiger partial charge on any atom is 0.268 e. The number of nitrogens with zero attached hydrogens (tertiary/aromatic N) is 2. The fourth-order valence-corrected chi connectivity index (χ4v) is 5.72. The van der Waals surface area contributed by atoms with Gasteiger partial charge in [-0.15, -0.1) is 11.3 Å². The van der Waals surface area contributed by atoms with Gasteiger partial charge in [0.15, 0.2) is 0 Å². The van der Waals surface area contributed by atoms with Crippen molar-refractivity contribution in [2.75, 3.05) is 6.54 Å². The Bertz CT molecular complexity index is 1230. The van der Waals surface area contributed by atoms with Crippen LogP contribution in [-0.2, 0) is 10.0 Å². The number of rotatable bonds is 7. The van der Waals surface area contributed by atoms with Crippen LogP contribution in [0.4, 0.5) is 0 Å². The van der Waals surface area contributed by atoms with Gasteiger partial charge in [-0.3, -0.25) is 0 Å². The molecular formula is C22H21N3O3S2. The third kappa shape index (κ3) is 4.35. The van der Waals surface area contributed by atoms with Crippen molar-refractivity contribution >= 4 is 21.4 Å². The van der Waals surface area contributed by atoms with Crippen molar-refractivity contribution < 1.29 is 12.9 Å². The Morgan fingerprint density at radius 2 is 1.73 bits per heavy atom. The lowest BCUT2D eigenvalue weighted by atomic mass is 10.0. The highest BCUT2D eigenvalue weighted by molar-refractivity contribution is 7.89. The molecule has 0 aliphatic heterocycles. The van der Waals surface area contributed by atoms with E-state index in [2.05, 4.69) is 14.9 Å². The molecule has 2 aromatic heterocycles. The number of hydrogen-bond acceptors (Lipinski definition) is 6. The van der Waals surface area contributed by atoms with E-state index >= 15 is 0 Å². The van der Waals surface area contributed by atoms with Gasteiger partial charge in [-0.1, -0.05) is 72.7 Å². The zero-order valence-corrected chi connectivity index (χ0v) is 18.2. The SMILES string of the molecule is Cc1sc(-c2nc(-c3ccccc3)no2)cc1S(=O)(=O)NC[C@H](C)c1ccccc1. The lowest BCUT2D eigenvalue weighted by molar-refractivity contribution is 0.433. The van der Waals surface area contributed by atoms with Crippen LogP contribution >= 0.6 is 11.3 Å². The molecule has 1 atom stereocenters. The van der Waals surface area contributed by atoms with Gasteiger partial charge in [0.2, 0.25) is 15.8 Å². The average Bonchev–Trinajstić information content (AvgIpc) is 3.41. The largest absolute Gasteiger partial charge is 0.333 e. The Morgan fingerprint density at radius 3 is 2.43 bits per heavy atom. The number of aromatic nitrogens is 2. The average molecular weight is 440 g/mol. The van der Waals surface area contributed by atoms with Crippen molar-refractivity contribution in [3.63, 3.8) is 0 Å². The van der Waals surface area contributed by atoms with Crippen LogP contribution in [0.25, 0.3) is 22.2 Å². The molecule has 4 aromatic rings. The monoisotopic (exact) mass is 439 g/mol. The summed E-state index contributed by atoms with van der Waals surface area (Å²) in [5.74, 6) is 0.834. The minimum Gasteiger partial charge on any atom is -0.333 e. The van der Waals surface area contributed by atoms with Gasteiger partial charge in [0.05, 0.1) is 9.77 Å². The van der Waals surface area contributed by atoms with Gasteiger partial charge >= 0.3 is 0 Å². The van der Waals surface area contributed by atoms with Gasteiger partial charge in [0.1, 0.15) is 0 Å². The molecule has 0 spiro atoms. The second-order valence-electron chi connectivity index (χ2n) is 6.98. The first-order valence-electron chi connectivity index (χ1n) is 9.48. The summed E-state index contributed by atoms with van der Waals surface area (Å²) in [5.41, 5.74) is 1.92. The molecule has 6 nitrogen and oxygen atoms in total. The summed E-state index contributed by atoms with van der Waals surface area (Å²) in [6.07, 6.45) is 0. The maximum absolute atomic E-state index is 12.9. The summed E-state index contributed by atoms with van der Waals surface area (Å²) >= 11 is 1.32. The van der Waals surface area contributed by atoms with Crippen LogP contribution in [0.2, 0.25) is 0 Å². The molecule has 8 heteroatoms.